The number of ether oxygens (including phenoxy) is 2. The van der Waals surface area contributed by atoms with Crippen LogP contribution < -0.4 is 9.47 Å². The number of phenolic OH excluding ortho intramolecular Hbond substituents is 4. The van der Waals surface area contributed by atoms with Crippen LogP contribution in [0.5, 0.6) is 34.5 Å². The van der Waals surface area contributed by atoms with Crippen LogP contribution in [0, 0.1) is 0 Å². The van der Waals surface area contributed by atoms with E-state index in [-0.39, 0.29) is 46.5 Å². The molecule has 0 saturated carbocycles. The average Bonchev–Trinajstić information content (AvgIpc) is 2.49. The van der Waals surface area contributed by atoms with Crippen molar-refractivity contribution in [3.63, 3.8) is 0 Å². The Hall–Kier alpha value is -3.09. The van der Waals surface area contributed by atoms with Gasteiger partial charge in [0.15, 0.2) is 28.8 Å². The lowest BCUT2D eigenvalue weighted by atomic mass is 9.95. The van der Waals surface area contributed by atoms with E-state index < -0.39 is 11.9 Å². The van der Waals surface area contributed by atoms with E-state index in [4.69, 9.17) is 9.47 Å². The monoisotopic (exact) mass is 318 g/mol. The Kier molecular flexibility index (Phi) is 3.40. The first kappa shape index (κ1) is 14.8. The van der Waals surface area contributed by atoms with Gasteiger partial charge < -0.3 is 29.9 Å². The summed E-state index contributed by atoms with van der Waals surface area (Å²) < 4.78 is 10.5. The predicted molar refractivity (Wildman–Crippen MR) is 78.4 cm³/mol. The number of phenols is 4. The Bertz CT molecular complexity index is 798. The third kappa shape index (κ3) is 2.36. The fraction of sp³-hybridized carbons (Fsp3) is 0.188. The van der Waals surface area contributed by atoms with Crippen molar-refractivity contribution in [3.05, 3.63) is 35.4 Å². The number of rotatable bonds is 2. The summed E-state index contributed by atoms with van der Waals surface area (Å²) in [4.78, 5) is 12.3. The van der Waals surface area contributed by atoms with Gasteiger partial charge in [-0.05, 0) is 17.7 Å². The third-order valence-electron chi connectivity index (χ3n) is 3.69. The molecule has 0 saturated heterocycles. The number of fused-ring (bicyclic) bond motifs is 1. The van der Waals surface area contributed by atoms with Crippen molar-refractivity contribution < 1.29 is 34.7 Å². The van der Waals surface area contributed by atoms with Gasteiger partial charge in [0.05, 0.1) is 13.5 Å². The van der Waals surface area contributed by atoms with E-state index in [1.54, 1.807) is 0 Å². The summed E-state index contributed by atoms with van der Waals surface area (Å²) in [6.07, 6.45) is -0.785. The fourth-order valence-electron chi connectivity index (χ4n) is 2.57. The molecular formula is C16H14O7. The largest absolute Gasteiger partial charge is 0.504 e. The molecule has 23 heavy (non-hydrogen) atoms. The van der Waals surface area contributed by atoms with Gasteiger partial charge in [-0.2, -0.15) is 0 Å². The molecule has 7 nitrogen and oxygen atoms in total. The summed E-state index contributed by atoms with van der Waals surface area (Å²) in [5.74, 6) is -2.00. The molecule has 0 spiro atoms. The van der Waals surface area contributed by atoms with Gasteiger partial charge in [-0.1, -0.05) is 6.07 Å². The molecule has 0 aliphatic carbocycles. The number of hydrogen-bond donors (Lipinski definition) is 4. The first-order chi connectivity index (χ1) is 10.9. The molecule has 1 atom stereocenters. The zero-order valence-corrected chi connectivity index (χ0v) is 12.1. The van der Waals surface area contributed by atoms with Crippen molar-refractivity contribution in [3.8, 4) is 34.5 Å². The molecule has 1 aliphatic rings. The van der Waals surface area contributed by atoms with Gasteiger partial charge in [-0.25, -0.2) is 0 Å². The van der Waals surface area contributed by atoms with Crippen LogP contribution in [-0.4, -0.2) is 33.3 Å². The Morgan fingerprint density at radius 1 is 1.09 bits per heavy atom. The van der Waals surface area contributed by atoms with E-state index in [0.29, 0.717) is 5.56 Å². The van der Waals surface area contributed by atoms with Crippen molar-refractivity contribution in [1.29, 1.82) is 0 Å². The highest BCUT2D eigenvalue weighted by Crippen LogP contribution is 2.48. The second-order valence-electron chi connectivity index (χ2n) is 5.13. The number of Topliss-reactive ketones (excluding diaryl/α,β-unsaturated/α-hetero) is 1. The first-order valence-corrected chi connectivity index (χ1v) is 6.77. The summed E-state index contributed by atoms with van der Waals surface area (Å²) >= 11 is 0. The number of ketones is 1. The summed E-state index contributed by atoms with van der Waals surface area (Å²) in [7, 11) is 1.26. The zero-order valence-electron chi connectivity index (χ0n) is 12.1. The van der Waals surface area contributed by atoms with Gasteiger partial charge >= 0.3 is 0 Å². The van der Waals surface area contributed by atoms with Gasteiger partial charge in [-0.3, -0.25) is 4.79 Å². The molecule has 7 heteroatoms. The van der Waals surface area contributed by atoms with E-state index in [1.807, 2.05) is 0 Å². The van der Waals surface area contributed by atoms with Crippen LogP contribution in [0.15, 0.2) is 24.3 Å². The summed E-state index contributed by atoms with van der Waals surface area (Å²) in [5, 5.41) is 38.8. The molecule has 1 aliphatic heterocycles. The first-order valence-electron chi connectivity index (χ1n) is 6.77. The van der Waals surface area contributed by atoms with Crippen molar-refractivity contribution in [2.24, 2.45) is 0 Å². The molecule has 1 heterocycles. The minimum Gasteiger partial charge on any atom is -0.504 e. The normalized spacial score (nSPS) is 16.6. The number of carbonyl (C=O) groups excluding carboxylic acids is 1. The molecule has 0 bridgehead atoms. The smallest absolute Gasteiger partial charge is 0.203 e. The van der Waals surface area contributed by atoms with E-state index in [2.05, 4.69) is 0 Å². The molecule has 2 aromatic rings. The summed E-state index contributed by atoms with van der Waals surface area (Å²) in [5.41, 5.74) is 0.424. The third-order valence-corrected chi connectivity index (χ3v) is 3.69. The molecule has 4 N–H and O–H groups in total. The number of methoxy groups -OCH3 is 1. The molecule has 120 valence electrons. The Morgan fingerprint density at radius 3 is 2.48 bits per heavy atom. The quantitative estimate of drug-likeness (QED) is 0.627. The maximum Gasteiger partial charge on any atom is 0.203 e. The van der Waals surface area contributed by atoms with Crippen LogP contribution in [-0.2, 0) is 0 Å². The van der Waals surface area contributed by atoms with Crippen LogP contribution in [0.25, 0.3) is 0 Å². The van der Waals surface area contributed by atoms with E-state index in [1.165, 1.54) is 31.4 Å². The van der Waals surface area contributed by atoms with Crippen LogP contribution >= 0.6 is 0 Å². The molecule has 0 aromatic heterocycles. The summed E-state index contributed by atoms with van der Waals surface area (Å²) in [6.45, 7) is 0. The minimum atomic E-state index is -0.714. The lowest BCUT2D eigenvalue weighted by Crippen LogP contribution is -2.20. The highest BCUT2D eigenvalue weighted by Gasteiger charge is 2.33. The molecule has 1 unspecified atom stereocenters. The van der Waals surface area contributed by atoms with Crippen molar-refractivity contribution >= 4 is 5.78 Å². The Balaban J connectivity index is 2.04. The predicted octanol–water partition coefficient (Wildman–Crippen LogP) is 2.22. The number of hydrogen-bond acceptors (Lipinski definition) is 7. The molecule has 3 rings (SSSR count). The SMILES string of the molecule is COc1c(O)cc2c(c1O)C(=O)CC(c1ccc(O)c(O)c1)O2. The van der Waals surface area contributed by atoms with Crippen LogP contribution in [0.2, 0.25) is 0 Å². The molecule has 0 amide bonds. The standard InChI is InChI=1S/C16H14O7/c1-22-16-11(20)6-13-14(15(16)21)10(19)5-12(23-13)7-2-3-8(17)9(18)4-7/h2-4,6,12,17-18,20-21H,5H2,1H3. The fourth-order valence-corrected chi connectivity index (χ4v) is 2.57. The number of carbonyl (C=O) groups is 1. The van der Waals surface area contributed by atoms with Crippen LogP contribution in [0.1, 0.15) is 28.4 Å². The van der Waals surface area contributed by atoms with E-state index in [9.17, 15) is 25.2 Å². The van der Waals surface area contributed by atoms with Crippen LogP contribution in [0.3, 0.4) is 0 Å². The van der Waals surface area contributed by atoms with Crippen molar-refractivity contribution in [2.75, 3.05) is 7.11 Å². The molecule has 0 fully saturated rings. The van der Waals surface area contributed by atoms with Crippen molar-refractivity contribution in [2.45, 2.75) is 12.5 Å². The maximum absolute atomic E-state index is 12.3. The maximum atomic E-state index is 12.3. The Labute approximate surface area is 131 Å². The van der Waals surface area contributed by atoms with Gasteiger partial charge in [0.1, 0.15) is 17.4 Å². The Morgan fingerprint density at radius 2 is 1.83 bits per heavy atom. The number of aromatic hydroxyl groups is 4. The van der Waals surface area contributed by atoms with Gasteiger partial charge in [-0.15, -0.1) is 0 Å². The molecule has 0 radical (unpaired) electrons. The lowest BCUT2D eigenvalue weighted by Gasteiger charge is -2.27. The van der Waals surface area contributed by atoms with Gasteiger partial charge in [0, 0.05) is 6.07 Å². The average molecular weight is 318 g/mol. The van der Waals surface area contributed by atoms with Crippen LogP contribution in [0.4, 0.5) is 0 Å². The lowest BCUT2D eigenvalue weighted by molar-refractivity contribution is 0.0843. The number of benzene rings is 2. The summed E-state index contributed by atoms with van der Waals surface area (Å²) in [6, 6.07) is 5.29. The second kappa shape index (κ2) is 5.28. The van der Waals surface area contributed by atoms with Gasteiger partial charge in [0.25, 0.3) is 0 Å². The topological polar surface area (TPSA) is 116 Å². The van der Waals surface area contributed by atoms with E-state index in [0.717, 1.165) is 0 Å². The van der Waals surface area contributed by atoms with E-state index >= 15 is 0 Å². The highest BCUT2D eigenvalue weighted by molar-refractivity contribution is 6.03. The zero-order chi connectivity index (χ0) is 16.7. The minimum absolute atomic E-state index is 0.0228. The highest BCUT2D eigenvalue weighted by atomic mass is 16.5. The van der Waals surface area contributed by atoms with Gasteiger partial charge in [0.2, 0.25) is 5.75 Å². The van der Waals surface area contributed by atoms with Crippen molar-refractivity contribution in [1.82, 2.24) is 0 Å². The molecular weight excluding hydrogens is 304 g/mol. The molecule has 2 aromatic carbocycles. The second-order valence-corrected chi connectivity index (χ2v) is 5.13.